The zero-order chi connectivity index (χ0) is 18.6. The topological polar surface area (TPSA) is 87.3 Å². The Morgan fingerprint density at radius 2 is 2.00 bits per heavy atom. The Labute approximate surface area is 147 Å². The Balaban J connectivity index is 1.98. The molecular formula is C18H26N4O3. The van der Waals surface area contributed by atoms with Gasteiger partial charge in [-0.2, -0.15) is 0 Å². The Bertz CT molecular complexity index is 715. The molecule has 1 heterocycles. The first-order chi connectivity index (χ1) is 11.7. The largest absolute Gasteiger partial charge is 0.444 e. The fourth-order valence-corrected chi connectivity index (χ4v) is 2.36. The number of rotatable bonds is 5. The van der Waals surface area contributed by atoms with E-state index in [1.807, 2.05) is 31.2 Å². The van der Waals surface area contributed by atoms with Crippen LogP contribution in [0.15, 0.2) is 24.3 Å². The van der Waals surface area contributed by atoms with Gasteiger partial charge in [-0.1, -0.05) is 19.1 Å². The van der Waals surface area contributed by atoms with E-state index in [9.17, 15) is 9.59 Å². The summed E-state index contributed by atoms with van der Waals surface area (Å²) < 4.78 is 5.24. The van der Waals surface area contributed by atoms with Gasteiger partial charge in [-0.3, -0.25) is 4.79 Å². The molecule has 2 aromatic rings. The van der Waals surface area contributed by atoms with Gasteiger partial charge in [0.25, 0.3) is 0 Å². The van der Waals surface area contributed by atoms with Crippen LogP contribution in [0.4, 0.5) is 4.79 Å². The van der Waals surface area contributed by atoms with Gasteiger partial charge in [-0.15, -0.1) is 0 Å². The summed E-state index contributed by atoms with van der Waals surface area (Å²) in [5, 5.41) is 2.91. The minimum atomic E-state index is -0.595. The Kier molecular flexibility index (Phi) is 5.66. The fourth-order valence-electron chi connectivity index (χ4n) is 2.36. The number of likely N-dealkylation sites (N-methyl/N-ethyl adjacent to an activating group) is 1. The van der Waals surface area contributed by atoms with E-state index in [2.05, 4.69) is 15.3 Å². The highest BCUT2D eigenvalue weighted by Crippen LogP contribution is 2.18. The van der Waals surface area contributed by atoms with Crippen LogP contribution in [-0.2, 0) is 9.53 Å². The predicted molar refractivity (Wildman–Crippen MR) is 96.1 cm³/mol. The van der Waals surface area contributed by atoms with Crippen LogP contribution in [0, 0.1) is 0 Å². The van der Waals surface area contributed by atoms with Crippen LogP contribution >= 0.6 is 0 Å². The number of nitrogens with zero attached hydrogens (tertiary/aromatic N) is 2. The van der Waals surface area contributed by atoms with E-state index >= 15 is 0 Å². The summed E-state index contributed by atoms with van der Waals surface area (Å²) in [4.78, 5) is 33.2. The molecule has 7 heteroatoms. The quantitative estimate of drug-likeness (QED) is 0.871. The molecule has 1 aromatic carbocycles. The zero-order valence-corrected chi connectivity index (χ0v) is 15.4. The van der Waals surface area contributed by atoms with Crippen molar-refractivity contribution in [3.05, 3.63) is 30.1 Å². The first-order valence-electron chi connectivity index (χ1n) is 8.37. The van der Waals surface area contributed by atoms with Crippen molar-refractivity contribution in [1.82, 2.24) is 20.2 Å². The maximum absolute atomic E-state index is 12.3. The molecular weight excluding hydrogens is 320 g/mol. The molecule has 0 radical (unpaired) electrons. The summed E-state index contributed by atoms with van der Waals surface area (Å²) in [6.45, 7) is 7.25. The number of imidazole rings is 1. The van der Waals surface area contributed by atoms with Gasteiger partial charge in [0.1, 0.15) is 18.0 Å². The van der Waals surface area contributed by atoms with Crippen molar-refractivity contribution in [2.45, 2.75) is 45.8 Å². The number of aromatic amines is 1. The van der Waals surface area contributed by atoms with Gasteiger partial charge in [-0.25, -0.2) is 9.78 Å². The number of fused-ring (bicyclic) bond motifs is 1. The number of amides is 2. The lowest BCUT2D eigenvalue weighted by molar-refractivity contribution is -0.122. The standard InChI is InChI=1S/C18H26N4O3/c1-6-12(16-20-13-9-7-8-10-14(13)21-16)19-15(23)11-22(5)17(24)25-18(2,3)4/h7-10,12H,6,11H2,1-5H3,(H,19,23)(H,20,21). The van der Waals surface area contributed by atoms with Crippen molar-refractivity contribution in [2.24, 2.45) is 0 Å². The van der Waals surface area contributed by atoms with E-state index in [0.717, 1.165) is 11.0 Å². The fraction of sp³-hybridized carbons (Fsp3) is 0.500. The van der Waals surface area contributed by atoms with Crippen LogP contribution in [0.2, 0.25) is 0 Å². The SMILES string of the molecule is CCC(NC(=O)CN(C)C(=O)OC(C)(C)C)c1nc2ccccc2[nH]1. The molecule has 0 saturated heterocycles. The third-order valence-electron chi connectivity index (χ3n) is 3.57. The molecule has 1 atom stereocenters. The summed E-state index contributed by atoms with van der Waals surface area (Å²) in [7, 11) is 1.54. The molecule has 7 nitrogen and oxygen atoms in total. The summed E-state index contributed by atoms with van der Waals surface area (Å²) in [5.74, 6) is 0.442. The van der Waals surface area contributed by atoms with E-state index in [1.165, 1.54) is 11.9 Å². The Hall–Kier alpha value is -2.57. The molecule has 0 bridgehead atoms. The maximum Gasteiger partial charge on any atom is 0.410 e. The normalized spacial score (nSPS) is 12.7. The Morgan fingerprint density at radius 3 is 2.60 bits per heavy atom. The highest BCUT2D eigenvalue weighted by molar-refractivity contribution is 5.82. The summed E-state index contributed by atoms with van der Waals surface area (Å²) in [5.41, 5.74) is 1.19. The number of hydrogen-bond donors (Lipinski definition) is 2. The lowest BCUT2D eigenvalue weighted by Gasteiger charge is -2.25. The van der Waals surface area contributed by atoms with Crippen molar-refractivity contribution in [1.29, 1.82) is 0 Å². The van der Waals surface area contributed by atoms with Gasteiger partial charge >= 0.3 is 6.09 Å². The minimum Gasteiger partial charge on any atom is -0.444 e. The average Bonchev–Trinajstić information content (AvgIpc) is 2.94. The molecule has 0 aliphatic rings. The van der Waals surface area contributed by atoms with E-state index in [4.69, 9.17) is 4.74 Å². The number of carbonyl (C=O) groups is 2. The van der Waals surface area contributed by atoms with Gasteiger partial charge in [0.15, 0.2) is 0 Å². The van der Waals surface area contributed by atoms with E-state index < -0.39 is 11.7 Å². The summed E-state index contributed by atoms with van der Waals surface area (Å²) >= 11 is 0. The molecule has 0 aliphatic carbocycles. The van der Waals surface area contributed by atoms with Gasteiger partial charge < -0.3 is 19.9 Å². The number of hydrogen-bond acceptors (Lipinski definition) is 4. The van der Waals surface area contributed by atoms with Crippen LogP contribution in [0.1, 0.15) is 46.0 Å². The molecule has 25 heavy (non-hydrogen) atoms. The van der Waals surface area contributed by atoms with E-state index in [-0.39, 0.29) is 18.5 Å². The smallest absolute Gasteiger partial charge is 0.410 e. The van der Waals surface area contributed by atoms with Crippen molar-refractivity contribution < 1.29 is 14.3 Å². The first kappa shape index (κ1) is 18.8. The third-order valence-corrected chi connectivity index (χ3v) is 3.57. The van der Waals surface area contributed by atoms with Crippen LogP contribution in [0.25, 0.3) is 11.0 Å². The second-order valence-corrected chi connectivity index (χ2v) is 7.00. The molecule has 1 aromatic heterocycles. The van der Waals surface area contributed by atoms with Crippen LogP contribution in [0.5, 0.6) is 0 Å². The maximum atomic E-state index is 12.3. The number of nitrogens with one attached hydrogen (secondary N) is 2. The second kappa shape index (κ2) is 7.55. The number of benzene rings is 1. The van der Waals surface area contributed by atoms with E-state index in [0.29, 0.717) is 12.2 Å². The number of para-hydroxylation sites is 2. The highest BCUT2D eigenvalue weighted by Gasteiger charge is 2.23. The van der Waals surface area contributed by atoms with Gasteiger partial charge in [0, 0.05) is 7.05 Å². The van der Waals surface area contributed by atoms with E-state index in [1.54, 1.807) is 20.8 Å². The molecule has 2 amide bonds. The second-order valence-electron chi connectivity index (χ2n) is 7.00. The van der Waals surface area contributed by atoms with Gasteiger partial charge in [-0.05, 0) is 39.3 Å². The number of carbonyl (C=O) groups excluding carboxylic acids is 2. The van der Waals surface area contributed by atoms with Crippen LogP contribution in [0.3, 0.4) is 0 Å². The molecule has 136 valence electrons. The van der Waals surface area contributed by atoms with Crippen molar-refractivity contribution >= 4 is 23.0 Å². The first-order valence-corrected chi connectivity index (χ1v) is 8.37. The zero-order valence-electron chi connectivity index (χ0n) is 15.4. The predicted octanol–water partition coefficient (Wildman–Crippen LogP) is 3.00. The average molecular weight is 346 g/mol. The highest BCUT2D eigenvalue weighted by atomic mass is 16.6. The van der Waals surface area contributed by atoms with Crippen molar-refractivity contribution in [3.63, 3.8) is 0 Å². The lowest BCUT2D eigenvalue weighted by Crippen LogP contribution is -2.42. The van der Waals surface area contributed by atoms with Crippen LogP contribution in [-0.4, -0.2) is 46.1 Å². The molecule has 0 aliphatic heterocycles. The summed E-state index contributed by atoms with van der Waals surface area (Å²) in [6, 6.07) is 7.46. The van der Waals surface area contributed by atoms with Crippen LogP contribution < -0.4 is 5.32 Å². The summed E-state index contributed by atoms with van der Waals surface area (Å²) in [6.07, 6.45) is 0.154. The monoisotopic (exact) mass is 346 g/mol. The molecule has 2 N–H and O–H groups in total. The molecule has 1 unspecified atom stereocenters. The Morgan fingerprint density at radius 1 is 1.32 bits per heavy atom. The minimum absolute atomic E-state index is 0.0777. The lowest BCUT2D eigenvalue weighted by atomic mass is 10.2. The number of aromatic nitrogens is 2. The van der Waals surface area contributed by atoms with Gasteiger partial charge in [0.2, 0.25) is 5.91 Å². The van der Waals surface area contributed by atoms with Crippen molar-refractivity contribution in [3.8, 4) is 0 Å². The molecule has 2 rings (SSSR count). The third kappa shape index (κ3) is 5.20. The van der Waals surface area contributed by atoms with Gasteiger partial charge in [0.05, 0.1) is 17.1 Å². The molecule has 0 saturated carbocycles. The molecule has 0 fully saturated rings. The number of H-pyrrole nitrogens is 1. The van der Waals surface area contributed by atoms with Crippen molar-refractivity contribution in [2.75, 3.05) is 13.6 Å². The molecule has 0 spiro atoms. The number of ether oxygens (including phenoxy) is 1.